The quantitative estimate of drug-likeness (QED) is 0.335. The van der Waals surface area contributed by atoms with Gasteiger partial charge in [-0.3, -0.25) is 9.78 Å². The second-order valence-electron chi connectivity index (χ2n) is 6.71. The molecular formula is C24H17ClN2O2S. The van der Waals surface area contributed by atoms with Gasteiger partial charge in [-0.2, -0.15) is 4.31 Å². The molecule has 0 spiro atoms. The van der Waals surface area contributed by atoms with Gasteiger partial charge in [0.15, 0.2) is 0 Å². The molecule has 1 aromatic heterocycles. The zero-order valence-corrected chi connectivity index (χ0v) is 17.7. The number of rotatable bonds is 2. The third-order valence-corrected chi connectivity index (χ3v) is 6.24. The van der Waals surface area contributed by atoms with Gasteiger partial charge < -0.3 is 4.55 Å². The molecule has 2 aromatic carbocycles. The van der Waals surface area contributed by atoms with Crippen LogP contribution in [0.15, 0.2) is 71.9 Å². The molecule has 0 aliphatic carbocycles. The topological polar surface area (TPSA) is 56.3 Å². The molecule has 4 nitrogen and oxygen atoms in total. The fourth-order valence-corrected chi connectivity index (χ4v) is 4.47. The van der Waals surface area contributed by atoms with Crippen molar-refractivity contribution in [3.05, 3.63) is 99.2 Å². The van der Waals surface area contributed by atoms with Gasteiger partial charge in [-0.05, 0) is 47.5 Å². The number of halogens is 1. The molecule has 0 fully saturated rings. The second kappa shape index (κ2) is 8.76. The summed E-state index contributed by atoms with van der Waals surface area (Å²) in [5.41, 5.74) is 3.59. The van der Waals surface area contributed by atoms with Crippen molar-refractivity contribution in [3.8, 4) is 11.8 Å². The Morgan fingerprint density at radius 3 is 2.83 bits per heavy atom. The maximum absolute atomic E-state index is 13.1. The zero-order valence-electron chi connectivity index (χ0n) is 16.1. The summed E-state index contributed by atoms with van der Waals surface area (Å²) < 4.78 is 14.5. The fraction of sp³-hybridized carbons (Fsp3) is 0.0833. The lowest BCUT2D eigenvalue weighted by Crippen LogP contribution is -2.36. The monoisotopic (exact) mass is 432 g/mol. The molecule has 1 aliphatic heterocycles. The van der Waals surface area contributed by atoms with Gasteiger partial charge in [0, 0.05) is 35.5 Å². The maximum Gasteiger partial charge on any atom is 0.245 e. The van der Waals surface area contributed by atoms with Crippen LogP contribution in [0.25, 0.3) is 6.08 Å². The van der Waals surface area contributed by atoms with Gasteiger partial charge >= 0.3 is 0 Å². The molecule has 0 amide bonds. The summed E-state index contributed by atoms with van der Waals surface area (Å²) in [6.07, 6.45) is 5.70. The van der Waals surface area contributed by atoms with Crippen molar-refractivity contribution in [2.75, 3.05) is 11.4 Å². The Kier molecular flexibility index (Phi) is 5.91. The highest BCUT2D eigenvalue weighted by Gasteiger charge is 2.38. The molecule has 1 aliphatic rings. The number of nitrogens with zero attached hydrogens (tertiary/aromatic N) is 2. The van der Waals surface area contributed by atoms with Crippen LogP contribution >= 0.6 is 11.6 Å². The first-order valence-corrected chi connectivity index (χ1v) is 10.7. The number of allylic oxidation sites excluding steroid dienone is 1. The smallest absolute Gasteiger partial charge is 0.245 e. The molecule has 2 heterocycles. The summed E-state index contributed by atoms with van der Waals surface area (Å²) >= 11 is 4.44. The van der Waals surface area contributed by atoms with Crippen LogP contribution in [0.2, 0.25) is 5.02 Å². The summed E-state index contributed by atoms with van der Waals surface area (Å²) in [6, 6.07) is 16.3. The number of carbonyl (C=O) groups is 1. The number of fused-ring (bicyclic) bond motifs is 1. The minimum absolute atomic E-state index is 0.215. The Bertz CT molecular complexity index is 1200. The van der Waals surface area contributed by atoms with Crippen molar-refractivity contribution in [3.63, 3.8) is 0 Å². The molecule has 148 valence electrons. The third-order valence-electron chi connectivity index (χ3n) is 4.64. The molecule has 0 bridgehead atoms. The van der Waals surface area contributed by atoms with E-state index in [0.29, 0.717) is 22.7 Å². The van der Waals surface area contributed by atoms with Crippen molar-refractivity contribution < 1.29 is 9.35 Å². The first-order chi connectivity index (χ1) is 14.5. The number of hydrogen-bond donors (Lipinski definition) is 0. The Hall–Kier alpha value is -3.04. The van der Waals surface area contributed by atoms with Crippen LogP contribution in [0, 0.1) is 11.8 Å². The summed E-state index contributed by atoms with van der Waals surface area (Å²) in [5.74, 6) is 5.95. The van der Waals surface area contributed by atoms with Gasteiger partial charge in [0.25, 0.3) is 0 Å². The number of aromatic nitrogens is 1. The van der Waals surface area contributed by atoms with E-state index in [9.17, 15) is 9.35 Å². The molecule has 3 aromatic rings. The number of pyridine rings is 1. The molecular weight excluding hydrogens is 416 g/mol. The highest BCUT2D eigenvalue weighted by molar-refractivity contribution is 7.97. The molecule has 0 saturated carbocycles. The predicted octanol–water partition coefficient (Wildman–Crippen LogP) is 4.67. The Labute approximate surface area is 183 Å². The number of benzene rings is 2. The Morgan fingerprint density at radius 1 is 1.20 bits per heavy atom. The van der Waals surface area contributed by atoms with E-state index in [1.54, 1.807) is 60.2 Å². The van der Waals surface area contributed by atoms with E-state index >= 15 is 0 Å². The molecule has 0 radical (unpaired) electrons. The normalized spacial score (nSPS) is 16.8. The minimum atomic E-state index is -1.60. The number of Topliss-reactive ketones (excluding diaryl/α,β-unsaturated/α-hetero) is 1. The van der Waals surface area contributed by atoms with E-state index in [-0.39, 0.29) is 10.7 Å². The Balaban J connectivity index is 1.66. The first kappa shape index (κ1) is 20.2. The van der Waals surface area contributed by atoms with Crippen LogP contribution < -0.4 is 4.31 Å². The van der Waals surface area contributed by atoms with Gasteiger partial charge in [0.2, 0.25) is 10.7 Å². The minimum Gasteiger partial charge on any atom is -0.588 e. The van der Waals surface area contributed by atoms with Crippen LogP contribution in [0.1, 0.15) is 27.0 Å². The van der Waals surface area contributed by atoms with E-state index in [4.69, 9.17) is 11.6 Å². The maximum atomic E-state index is 13.1. The van der Waals surface area contributed by atoms with Gasteiger partial charge in [0.05, 0.1) is 18.3 Å². The molecule has 4 rings (SSSR count). The molecule has 0 N–H and O–H groups in total. The van der Waals surface area contributed by atoms with Crippen LogP contribution in [-0.2, 0) is 17.8 Å². The Morgan fingerprint density at radius 2 is 2.07 bits per heavy atom. The van der Waals surface area contributed by atoms with Crippen molar-refractivity contribution in [2.24, 2.45) is 0 Å². The molecule has 6 heteroatoms. The zero-order chi connectivity index (χ0) is 21.1. The van der Waals surface area contributed by atoms with Crippen LogP contribution in [0.4, 0.5) is 5.69 Å². The van der Waals surface area contributed by atoms with E-state index in [1.165, 1.54) is 0 Å². The highest BCUT2D eigenvalue weighted by atomic mass is 35.5. The summed E-state index contributed by atoms with van der Waals surface area (Å²) in [6.45, 7) is 0. The number of ketones is 1. The average Bonchev–Trinajstić information content (AvgIpc) is 2.76. The molecule has 1 atom stereocenters. The van der Waals surface area contributed by atoms with Crippen LogP contribution in [0.5, 0.6) is 0 Å². The largest absolute Gasteiger partial charge is 0.588 e. The fourth-order valence-electron chi connectivity index (χ4n) is 3.13. The summed E-state index contributed by atoms with van der Waals surface area (Å²) in [7, 11) is 1.71. The van der Waals surface area contributed by atoms with Gasteiger partial charge in [-0.25, -0.2) is 0 Å². The van der Waals surface area contributed by atoms with E-state index in [1.807, 2.05) is 24.3 Å². The highest BCUT2D eigenvalue weighted by Crippen LogP contribution is 2.35. The van der Waals surface area contributed by atoms with Gasteiger partial charge in [0.1, 0.15) is 11.4 Å². The van der Waals surface area contributed by atoms with Crippen molar-refractivity contribution in [1.82, 2.24) is 4.98 Å². The standard InChI is InChI=1S/C24H17ClN2O2S/c1-27-22-11-10-17(5-2-6-18-8-4-12-26-16-18)14-21(22)24(28)23(30(27)29)15-19-7-3-9-20(25)13-19/h3-4,7-16H,6H2,1H3/b23-15-. The van der Waals surface area contributed by atoms with Crippen molar-refractivity contribution >= 4 is 40.5 Å². The lowest BCUT2D eigenvalue weighted by molar-refractivity contribution is 0.104. The van der Waals surface area contributed by atoms with Gasteiger partial charge in [-0.15, -0.1) is 0 Å². The second-order valence-corrected chi connectivity index (χ2v) is 8.63. The van der Waals surface area contributed by atoms with E-state index in [0.717, 1.165) is 16.7 Å². The number of hydrogen-bond acceptors (Lipinski definition) is 4. The molecule has 0 saturated heterocycles. The third kappa shape index (κ3) is 4.27. The number of anilines is 1. The lowest BCUT2D eigenvalue weighted by Gasteiger charge is -2.29. The average molecular weight is 433 g/mol. The van der Waals surface area contributed by atoms with Gasteiger partial charge in [-0.1, -0.05) is 41.6 Å². The van der Waals surface area contributed by atoms with Crippen LogP contribution in [0.3, 0.4) is 0 Å². The number of carbonyl (C=O) groups excluding carboxylic acids is 1. The van der Waals surface area contributed by atoms with Crippen molar-refractivity contribution in [2.45, 2.75) is 6.42 Å². The predicted molar refractivity (Wildman–Crippen MR) is 122 cm³/mol. The first-order valence-electron chi connectivity index (χ1n) is 9.22. The van der Waals surface area contributed by atoms with Crippen molar-refractivity contribution in [1.29, 1.82) is 0 Å². The molecule has 30 heavy (non-hydrogen) atoms. The summed E-state index contributed by atoms with van der Waals surface area (Å²) in [5, 5.41) is 0.554. The SMILES string of the molecule is CN1c2ccc(C#CCc3cccnc3)cc2C(=O)/C(=C/c2cccc(Cl)c2)[S+]1[O-]. The lowest BCUT2D eigenvalue weighted by atomic mass is 10.0. The summed E-state index contributed by atoms with van der Waals surface area (Å²) in [4.78, 5) is 17.4. The van der Waals surface area contributed by atoms with E-state index < -0.39 is 11.4 Å². The molecule has 1 unspecified atom stereocenters. The van der Waals surface area contributed by atoms with Crippen LogP contribution in [-0.4, -0.2) is 22.4 Å². The van der Waals surface area contributed by atoms with E-state index in [2.05, 4.69) is 16.8 Å².